The molecule has 1 N–H and O–H groups in total. The van der Waals surface area contributed by atoms with Crippen molar-refractivity contribution < 1.29 is 13.2 Å². The van der Waals surface area contributed by atoms with Gasteiger partial charge in [0.05, 0.1) is 11.6 Å². The topological polar surface area (TPSA) is 103 Å². The van der Waals surface area contributed by atoms with Crippen LogP contribution < -0.4 is 15.9 Å². The number of aryl methyl sites for hydroxylation is 2. The van der Waals surface area contributed by atoms with Crippen LogP contribution in [0.3, 0.4) is 0 Å². The number of para-hydroxylation sites is 1. The van der Waals surface area contributed by atoms with Gasteiger partial charge < -0.3 is 14.3 Å². The molecular formula is C31H30ClN3O5S. The highest BCUT2D eigenvalue weighted by molar-refractivity contribution is 7.91. The van der Waals surface area contributed by atoms with Gasteiger partial charge in [-0.1, -0.05) is 30.4 Å². The van der Waals surface area contributed by atoms with Gasteiger partial charge in [0.15, 0.2) is 5.75 Å². The number of hydrogen-bond donors (Lipinski definition) is 1. The summed E-state index contributed by atoms with van der Waals surface area (Å²) in [5.41, 5.74) is 2.85. The number of rotatable bonds is 6. The third-order valence-electron chi connectivity index (χ3n) is 8.29. The van der Waals surface area contributed by atoms with Gasteiger partial charge in [-0.25, -0.2) is 12.4 Å². The first-order valence-electron chi connectivity index (χ1n) is 13.4. The summed E-state index contributed by atoms with van der Waals surface area (Å²) in [4.78, 5) is 28.3. The van der Waals surface area contributed by atoms with E-state index in [0.29, 0.717) is 33.6 Å². The van der Waals surface area contributed by atoms with E-state index in [-0.39, 0.29) is 17.1 Å². The van der Waals surface area contributed by atoms with E-state index in [1.807, 2.05) is 32.0 Å². The number of aromatic nitrogens is 3. The van der Waals surface area contributed by atoms with Crippen LogP contribution in [0, 0.1) is 13.8 Å². The fourth-order valence-corrected chi connectivity index (χ4v) is 8.01. The number of pyridine rings is 2. The number of allylic oxidation sites excluding steroid dienone is 3. The van der Waals surface area contributed by atoms with Crippen molar-refractivity contribution in [3.63, 3.8) is 0 Å². The van der Waals surface area contributed by atoms with Gasteiger partial charge in [0, 0.05) is 35.5 Å². The molecule has 0 bridgehead atoms. The van der Waals surface area contributed by atoms with Crippen molar-refractivity contribution in [3.05, 3.63) is 110 Å². The minimum Gasteiger partial charge on any atom is -0.455 e. The Labute approximate surface area is 242 Å². The maximum Gasteiger partial charge on any atom is 0.273 e. The van der Waals surface area contributed by atoms with Crippen LogP contribution in [0.1, 0.15) is 49.4 Å². The molecule has 2 aliphatic carbocycles. The molecule has 2 unspecified atom stereocenters. The fourth-order valence-electron chi connectivity index (χ4n) is 5.49. The summed E-state index contributed by atoms with van der Waals surface area (Å²) in [7, 11) is -4.20. The van der Waals surface area contributed by atoms with E-state index in [4.69, 9.17) is 16.3 Å². The summed E-state index contributed by atoms with van der Waals surface area (Å²) < 4.78 is 35.9. The second kappa shape index (κ2) is 9.63. The zero-order valence-corrected chi connectivity index (χ0v) is 24.7. The molecule has 0 spiro atoms. The van der Waals surface area contributed by atoms with Gasteiger partial charge in [0.2, 0.25) is 10.0 Å². The Balaban J connectivity index is 1.47. The number of alkyl halides is 1. The lowest BCUT2D eigenvalue weighted by atomic mass is 9.87. The van der Waals surface area contributed by atoms with Crippen molar-refractivity contribution in [3.8, 4) is 11.5 Å². The predicted octanol–water partition coefficient (Wildman–Crippen LogP) is 5.82. The largest absolute Gasteiger partial charge is 0.455 e. The monoisotopic (exact) mass is 591 g/mol. The van der Waals surface area contributed by atoms with Gasteiger partial charge in [-0.2, -0.15) is 0 Å². The summed E-state index contributed by atoms with van der Waals surface area (Å²) in [6.45, 7) is 7.18. The quantitative estimate of drug-likeness (QED) is 0.285. The molecule has 0 amide bonds. The molecule has 3 aromatic heterocycles. The van der Waals surface area contributed by atoms with Crippen molar-refractivity contribution >= 4 is 38.1 Å². The van der Waals surface area contributed by atoms with Gasteiger partial charge >= 0.3 is 0 Å². The van der Waals surface area contributed by atoms with Crippen LogP contribution in [-0.4, -0.2) is 32.1 Å². The smallest absolute Gasteiger partial charge is 0.273 e. The zero-order chi connectivity index (χ0) is 29.3. The minimum atomic E-state index is -4.20. The molecule has 3 heterocycles. The van der Waals surface area contributed by atoms with Gasteiger partial charge in [-0.3, -0.25) is 9.59 Å². The number of halogens is 1. The Bertz CT molecular complexity index is 1990. The highest BCUT2D eigenvalue weighted by atomic mass is 35.5. The normalized spacial score (nSPS) is 21.0. The average Bonchev–Trinajstić information content (AvgIpc) is 3.66. The summed E-state index contributed by atoms with van der Waals surface area (Å²) in [6.07, 6.45) is 9.85. The molecule has 2 aliphatic rings. The first kappa shape index (κ1) is 27.4. The summed E-state index contributed by atoms with van der Waals surface area (Å²) in [5, 5.41) is -0.517. The maximum atomic E-state index is 14.1. The fraction of sp³-hybridized carbons (Fsp3) is 0.290. The third kappa shape index (κ3) is 4.30. The van der Waals surface area contributed by atoms with Crippen LogP contribution in [-0.2, 0) is 10.0 Å². The molecule has 41 heavy (non-hydrogen) atoms. The number of H-pyrrole nitrogens is 1. The van der Waals surface area contributed by atoms with E-state index < -0.39 is 25.7 Å². The van der Waals surface area contributed by atoms with Crippen LogP contribution in [0.25, 0.3) is 16.5 Å². The molecule has 1 saturated carbocycles. The predicted molar refractivity (Wildman–Crippen MR) is 162 cm³/mol. The lowest BCUT2D eigenvalue weighted by Gasteiger charge is -2.37. The van der Waals surface area contributed by atoms with Gasteiger partial charge in [-0.05, 0) is 74.9 Å². The molecule has 10 heteroatoms. The number of benzene rings is 1. The Kier molecular flexibility index (Phi) is 6.43. The van der Waals surface area contributed by atoms with Gasteiger partial charge in [0.1, 0.15) is 16.0 Å². The molecule has 0 aliphatic heterocycles. The Morgan fingerprint density at radius 1 is 1.07 bits per heavy atom. The van der Waals surface area contributed by atoms with E-state index in [2.05, 4.69) is 4.98 Å². The molecule has 4 aromatic rings. The molecule has 0 radical (unpaired) electrons. The highest BCUT2D eigenvalue weighted by Gasteiger charge is 2.49. The van der Waals surface area contributed by atoms with Crippen molar-refractivity contribution in [2.24, 2.45) is 0 Å². The number of hydrogen-bond acceptors (Lipinski definition) is 5. The van der Waals surface area contributed by atoms with Crippen LogP contribution in [0.5, 0.6) is 11.5 Å². The average molecular weight is 592 g/mol. The van der Waals surface area contributed by atoms with Crippen molar-refractivity contribution in [2.75, 3.05) is 0 Å². The second-order valence-corrected chi connectivity index (χ2v) is 13.7. The summed E-state index contributed by atoms with van der Waals surface area (Å²) >= 11 is 6.93. The molecule has 0 saturated heterocycles. The van der Waals surface area contributed by atoms with E-state index in [1.165, 1.54) is 18.5 Å². The number of aromatic amines is 1. The summed E-state index contributed by atoms with van der Waals surface area (Å²) in [6, 6.07) is 10.8. The highest BCUT2D eigenvalue weighted by Crippen LogP contribution is 2.44. The van der Waals surface area contributed by atoms with Crippen molar-refractivity contribution in [1.29, 1.82) is 0 Å². The molecule has 2 atom stereocenters. The maximum absolute atomic E-state index is 14.1. The molecule has 212 valence electrons. The van der Waals surface area contributed by atoms with Crippen LogP contribution in [0.15, 0.2) is 82.3 Å². The zero-order valence-electron chi connectivity index (χ0n) is 23.1. The summed E-state index contributed by atoms with van der Waals surface area (Å²) in [5.74, 6) is 1.19. The van der Waals surface area contributed by atoms with E-state index in [0.717, 1.165) is 27.9 Å². The lowest BCUT2D eigenvalue weighted by molar-refractivity contribution is 0.464. The number of nitrogens with one attached hydrogen (secondary N) is 1. The Hall–Kier alpha value is -3.82. The minimum absolute atomic E-state index is 0.0353. The second-order valence-electron chi connectivity index (χ2n) is 11.0. The van der Waals surface area contributed by atoms with Crippen LogP contribution in [0.2, 0.25) is 0 Å². The van der Waals surface area contributed by atoms with E-state index >= 15 is 0 Å². The van der Waals surface area contributed by atoms with Crippen LogP contribution in [0.4, 0.5) is 0 Å². The van der Waals surface area contributed by atoms with E-state index in [9.17, 15) is 18.0 Å². The van der Waals surface area contributed by atoms with Gasteiger partial charge in [-0.15, -0.1) is 11.6 Å². The molecule has 8 nitrogen and oxygen atoms in total. The van der Waals surface area contributed by atoms with Crippen molar-refractivity contribution in [2.45, 2.75) is 56.7 Å². The number of ether oxygens (including phenoxy) is 1. The molecule has 6 rings (SSSR count). The first-order valence-corrected chi connectivity index (χ1v) is 15.3. The standard InChI is InChI=1S/C31H30ClN3O5S/c1-18-6-5-7-19(2)29(18)40-25-17-34(23-8-9-23)27(36)16-24(25)22-14-20(3)31(4,26(32)15-22)41(38,39)35-13-11-21-10-12-33-30(37)28(21)35/h5-7,10-17,23,26H,8-9H2,1-4H3,(H,33,37). The van der Waals surface area contributed by atoms with Crippen LogP contribution >= 0.6 is 11.6 Å². The molecule has 1 fully saturated rings. The first-order chi connectivity index (χ1) is 19.4. The van der Waals surface area contributed by atoms with Crippen molar-refractivity contribution in [1.82, 2.24) is 13.5 Å². The van der Waals surface area contributed by atoms with E-state index in [1.54, 1.807) is 48.9 Å². The number of nitrogens with zero attached hydrogens (tertiary/aromatic N) is 2. The molecular weight excluding hydrogens is 562 g/mol. The molecule has 1 aromatic carbocycles. The lowest BCUT2D eigenvalue weighted by Crippen LogP contribution is -2.48. The Morgan fingerprint density at radius 3 is 2.44 bits per heavy atom. The van der Waals surface area contributed by atoms with Gasteiger partial charge in [0.25, 0.3) is 11.1 Å². The Morgan fingerprint density at radius 2 is 1.78 bits per heavy atom. The third-order valence-corrected chi connectivity index (χ3v) is 11.5. The number of fused-ring (bicyclic) bond motifs is 1. The SMILES string of the molecule is CC1=CC(c2cc(=O)n(C3CC3)cc2Oc2c(C)cccc2C)=CC(Cl)C1(C)S(=O)(=O)n1ccc2cc[nH]c(=O)c21.